The Morgan fingerprint density at radius 1 is 1.32 bits per heavy atom. The molecule has 0 spiro atoms. The van der Waals surface area contributed by atoms with Gasteiger partial charge >= 0.3 is 0 Å². The number of nitrogens with one attached hydrogen (secondary N) is 2. The fourth-order valence-electron chi connectivity index (χ4n) is 2.35. The van der Waals surface area contributed by atoms with Gasteiger partial charge in [0.15, 0.2) is 0 Å². The highest BCUT2D eigenvalue weighted by Crippen LogP contribution is 2.35. The molecule has 19 heavy (non-hydrogen) atoms. The largest absolute Gasteiger partial charge is 0.388 e. The summed E-state index contributed by atoms with van der Waals surface area (Å²) in [7, 11) is 0. The summed E-state index contributed by atoms with van der Waals surface area (Å²) in [6.45, 7) is 2.00. The molecule has 3 rings (SSSR count). The van der Waals surface area contributed by atoms with E-state index < -0.39 is 0 Å². The molecule has 0 unspecified atom stereocenters. The number of nitrogens with zero attached hydrogens (tertiary/aromatic N) is 1. The highest BCUT2D eigenvalue weighted by molar-refractivity contribution is 6.23. The lowest BCUT2D eigenvalue weighted by Gasteiger charge is -2.26. The van der Waals surface area contributed by atoms with E-state index in [-0.39, 0.29) is 0 Å². The van der Waals surface area contributed by atoms with Gasteiger partial charge in [-0.15, -0.1) is 0 Å². The fraction of sp³-hybridized carbons (Fsp3) is 0.500. The molecule has 3 heteroatoms. The van der Waals surface area contributed by atoms with E-state index in [9.17, 15) is 0 Å². The van der Waals surface area contributed by atoms with Crippen LogP contribution in [0.5, 0.6) is 0 Å². The van der Waals surface area contributed by atoms with E-state index in [1.54, 1.807) is 0 Å². The van der Waals surface area contributed by atoms with Crippen LogP contribution in [-0.2, 0) is 0 Å². The van der Waals surface area contributed by atoms with Crippen LogP contribution < -0.4 is 5.32 Å². The van der Waals surface area contributed by atoms with E-state index in [1.807, 2.05) is 31.3 Å². The SMILES string of the molecule is Cc1cccc(/C(=C/NC2CCC2)C(=N)C2CC2)n1. The average molecular weight is 255 g/mol. The van der Waals surface area contributed by atoms with Crippen LogP contribution in [0.4, 0.5) is 0 Å². The Labute approximate surface area is 114 Å². The van der Waals surface area contributed by atoms with Crippen LogP contribution in [0.25, 0.3) is 5.57 Å². The molecule has 0 atom stereocenters. The summed E-state index contributed by atoms with van der Waals surface area (Å²) < 4.78 is 0. The lowest BCUT2D eigenvalue weighted by molar-refractivity contribution is 0.373. The van der Waals surface area contributed by atoms with Crippen molar-refractivity contribution >= 4 is 11.3 Å². The van der Waals surface area contributed by atoms with E-state index in [4.69, 9.17) is 5.41 Å². The second kappa shape index (κ2) is 5.16. The molecule has 2 aliphatic rings. The van der Waals surface area contributed by atoms with Crippen LogP contribution >= 0.6 is 0 Å². The first-order valence-corrected chi connectivity index (χ1v) is 7.23. The van der Waals surface area contributed by atoms with Gasteiger partial charge in [0.1, 0.15) is 0 Å². The van der Waals surface area contributed by atoms with Gasteiger partial charge in [0.05, 0.1) is 5.69 Å². The maximum atomic E-state index is 8.34. The van der Waals surface area contributed by atoms with Crippen molar-refractivity contribution in [2.45, 2.75) is 45.1 Å². The van der Waals surface area contributed by atoms with Crippen LogP contribution in [-0.4, -0.2) is 16.7 Å². The normalized spacial score (nSPS) is 19.9. The summed E-state index contributed by atoms with van der Waals surface area (Å²) in [5.74, 6) is 0.455. The molecular formula is C16H21N3. The van der Waals surface area contributed by atoms with Crippen LogP contribution in [0, 0.1) is 18.3 Å². The van der Waals surface area contributed by atoms with E-state index in [0.29, 0.717) is 12.0 Å². The molecule has 0 saturated heterocycles. The molecule has 2 fully saturated rings. The summed E-state index contributed by atoms with van der Waals surface area (Å²) in [6.07, 6.45) is 8.18. The Morgan fingerprint density at radius 3 is 2.68 bits per heavy atom. The Bertz CT molecular complexity index is 510. The number of allylic oxidation sites excluding steroid dienone is 1. The van der Waals surface area contributed by atoms with E-state index in [0.717, 1.165) is 35.5 Å². The predicted molar refractivity (Wildman–Crippen MR) is 78.2 cm³/mol. The zero-order valence-electron chi connectivity index (χ0n) is 11.4. The number of hydrogen-bond donors (Lipinski definition) is 2. The van der Waals surface area contributed by atoms with Crippen molar-refractivity contribution in [2.24, 2.45) is 5.92 Å². The first-order valence-electron chi connectivity index (χ1n) is 7.23. The zero-order valence-corrected chi connectivity index (χ0v) is 11.4. The van der Waals surface area contributed by atoms with Gasteiger partial charge < -0.3 is 10.7 Å². The fourth-order valence-corrected chi connectivity index (χ4v) is 2.35. The van der Waals surface area contributed by atoms with Gasteiger partial charge in [-0.1, -0.05) is 6.07 Å². The highest BCUT2D eigenvalue weighted by Gasteiger charge is 2.29. The topological polar surface area (TPSA) is 48.8 Å². The Morgan fingerprint density at radius 2 is 2.11 bits per heavy atom. The van der Waals surface area contributed by atoms with Crippen molar-refractivity contribution < 1.29 is 0 Å². The molecule has 0 aromatic carbocycles. The lowest BCUT2D eigenvalue weighted by Crippen LogP contribution is -2.31. The molecule has 0 bridgehead atoms. The Balaban J connectivity index is 1.83. The first kappa shape index (κ1) is 12.4. The maximum absolute atomic E-state index is 8.34. The van der Waals surface area contributed by atoms with Crippen molar-refractivity contribution in [1.82, 2.24) is 10.3 Å². The van der Waals surface area contributed by atoms with Gasteiger partial charge in [-0.2, -0.15) is 0 Å². The minimum atomic E-state index is 0.455. The molecule has 2 saturated carbocycles. The van der Waals surface area contributed by atoms with Crippen molar-refractivity contribution in [3.8, 4) is 0 Å². The van der Waals surface area contributed by atoms with Gasteiger partial charge in [0.2, 0.25) is 0 Å². The summed E-state index contributed by atoms with van der Waals surface area (Å²) in [6, 6.07) is 6.64. The molecule has 1 aromatic rings. The number of hydrogen-bond acceptors (Lipinski definition) is 3. The highest BCUT2D eigenvalue weighted by atomic mass is 14.9. The van der Waals surface area contributed by atoms with Gasteiger partial charge in [0, 0.05) is 35.1 Å². The molecule has 0 radical (unpaired) electrons. The molecule has 2 aliphatic carbocycles. The van der Waals surface area contributed by atoms with E-state index in [2.05, 4.69) is 10.3 Å². The number of aromatic nitrogens is 1. The molecule has 1 aromatic heterocycles. The maximum Gasteiger partial charge on any atom is 0.0737 e. The molecule has 100 valence electrons. The molecule has 3 nitrogen and oxygen atoms in total. The van der Waals surface area contributed by atoms with Crippen LogP contribution in [0.15, 0.2) is 24.4 Å². The molecule has 2 N–H and O–H groups in total. The van der Waals surface area contributed by atoms with Gasteiger partial charge in [0.25, 0.3) is 0 Å². The Hall–Kier alpha value is -1.64. The van der Waals surface area contributed by atoms with Gasteiger partial charge in [-0.25, -0.2) is 0 Å². The van der Waals surface area contributed by atoms with Crippen LogP contribution in [0.1, 0.15) is 43.5 Å². The monoisotopic (exact) mass is 255 g/mol. The minimum Gasteiger partial charge on any atom is -0.388 e. The third-order valence-corrected chi connectivity index (χ3v) is 4.01. The van der Waals surface area contributed by atoms with E-state index in [1.165, 1.54) is 19.3 Å². The predicted octanol–water partition coefficient (Wildman–Crippen LogP) is 3.30. The third-order valence-electron chi connectivity index (χ3n) is 4.01. The smallest absolute Gasteiger partial charge is 0.0737 e. The zero-order chi connectivity index (χ0) is 13.2. The third kappa shape index (κ3) is 2.86. The van der Waals surface area contributed by atoms with Gasteiger partial charge in [-0.05, 0) is 51.2 Å². The standard InChI is InChI=1S/C16H21N3/c1-11-4-2-7-15(19-11)14(16(17)12-8-9-12)10-18-13-5-3-6-13/h2,4,7,10,12-13,17-18H,3,5-6,8-9H2,1H3/b14-10-,17-16?. The quantitative estimate of drug-likeness (QED) is 0.793. The van der Waals surface area contributed by atoms with Gasteiger partial charge in [-0.3, -0.25) is 4.98 Å². The first-order chi connectivity index (χ1) is 9.24. The van der Waals surface area contributed by atoms with Crippen molar-refractivity contribution in [2.75, 3.05) is 0 Å². The summed E-state index contributed by atoms with van der Waals surface area (Å²) in [5.41, 5.74) is 3.68. The summed E-state index contributed by atoms with van der Waals surface area (Å²) in [4.78, 5) is 4.58. The summed E-state index contributed by atoms with van der Waals surface area (Å²) in [5, 5.41) is 11.8. The summed E-state index contributed by atoms with van der Waals surface area (Å²) >= 11 is 0. The number of pyridine rings is 1. The molecule has 0 aliphatic heterocycles. The number of rotatable bonds is 5. The molecule has 1 heterocycles. The molecule has 0 amide bonds. The minimum absolute atomic E-state index is 0.455. The van der Waals surface area contributed by atoms with Crippen LogP contribution in [0.2, 0.25) is 0 Å². The van der Waals surface area contributed by atoms with Crippen molar-refractivity contribution in [1.29, 1.82) is 5.41 Å². The Kier molecular flexibility index (Phi) is 3.36. The number of aryl methyl sites for hydroxylation is 1. The van der Waals surface area contributed by atoms with Crippen LogP contribution in [0.3, 0.4) is 0 Å². The second-order valence-electron chi connectivity index (χ2n) is 5.70. The molecular weight excluding hydrogens is 234 g/mol. The second-order valence-corrected chi connectivity index (χ2v) is 5.70. The average Bonchev–Trinajstić information content (AvgIpc) is 3.15. The van der Waals surface area contributed by atoms with E-state index >= 15 is 0 Å². The lowest BCUT2D eigenvalue weighted by atomic mass is 9.93. The van der Waals surface area contributed by atoms with Crippen molar-refractivity contribution in [3.63, 3.8) is 0 Å². The van der Waals surface area contributed by atoms with Crippen molar-refractivity contribution in [3.05, 3.63) is 35.8 Å².